The normalized spacial score (nSPS) is 27.9. The van der Waals surface area contributed by atoms with Crippen molar-refractivity contribution in [1.82, 2.24) is 9.97 Å². The fraction of sp³-hybridized carbons (Fsp3) is 0.600. The number of hydrogen-bond donors (Lipinski definition) is 1. The SMILES string of the molecule is CC1CCC(Nc2ncc(-c3ccc(O[C@H]4CCOC4)cc3)c(O[C@@H]3CCOC3)n2)CC1. The van der Waals surface area contributed by atoms with Gasteiger partial charge in [-0.15, -0.1) is 0 Å². The summed E-state index contributed by atoms with van der Waals surface area (Å²) in [4.78, 5) is 9.41. The molecule has 32 heavy (non-hydrogen) atoms. The maximum Gasteiger partial charge on any atom is 0.226 e. The van der Waals surface area contributed by atoms with Crippen molar-refractivity contribution in [2.24, 2.45) is 5.92 Å². The van der Waals surface area contributed by atoms with Gasteiger partial charge in [0, 0.05) is 25.1 Å². The second-order valence-corrected chi connectivity index (χ2v) is 9.24. The second kappa shape index (κ2) is 10.0. The minimum Gasteiger partial charge on any atom is -0.488 e. The lowest BCUT2D eigenvalue weighted by Gasteiger charge is -2.27. The van der Waals surface area contributed by atoms with Gasteiger partial charge in [0.15, 0.2) is 0 Å². The molecule has 5 rings (SSSR count). The van der Waals surface area contributed by atoms with Crippen molar-refractivity contribution in [2.75, 3.05) is 31.7 Å². The van der Waals surface area contributed by atoms with E-state index in [1.54, 1.807) is 0 Å². The minimum absolute atomic E-state index is 0.0250. The van der Waals surface area contributed by atoms with Gasteiger partial charge in [-0.25, -0.2) is 4.98 Å². The first kappa shape index (κ1) is 21.5. The molecule has 172 valence electrons. The molecule has 7 heteroatoms. The van der Waals surface area contributed by atoms with E-state index in [1.165, 1.54) is 12.8 Å². The third-order valence-corrected chi connectivity index (χ3v) is 6.63. The summed E-state index contributed by atoms with van der Waals surface area (Å²) < 4.78 is 23.2. The summed E-state index contributed by atoms with van der Waals surface area (Å²) in [6.07, 6.45) is 8.66. The number of benzene rings is 1. The molecule has 3 heterocycles. The van der Waals surface area contributed by atoms with Crippen molar-refractivity contribution in [3.8, 4) is 22.8 Å². The maximum absolute atomic E-state index is 6.28. The van der Waals surface area contributed by atoms with E-state index in [2.05, 4.69) is 17.2 Å². The highest BCUT2D eigenvalue weighted by Gasteiger charge is 2.23. The molecule has 2 saturated heterocycles. The first-order valence-corrected chi connectivity index (χ1v) is 12.0. The standard InChI is InChI=1S/C25H33N3O4/c1-17-2-6-19(7-3-17)27-25-26-14-23(24(28-25)32-22-11-13-30-16-22)18-4-8-20(9-5-18)31-21-10-12-29-15-21/h4-5,8-9,14,17,19,21-22H,2-3,6-7,10-13,15-16H2,1H3,(H,26,27,28)/t17?,19?,21-,22+/m0/s1. The average molecular weight is 440 g/mol. The van der Waals surface area contributed by atoms with Crippen LogP contribution < -0.4 is 14.8 Å². The highest BCUT2D eigenvalue weighted by molar-refractivity contribution is 5.69. The molecule has 0 amide bonds. The average Bonchev–Trinajstić information content (AvgIpc) is 3.51. The zero-order valence-corrected chi connectivity index (χ0v) is 18.8. The van der Waals surface area contributed by atoms with E-state index in [0.717, 1.165) is 61.7 Å². The quantitative estimate of drug-likeness (QED) is 0.682. The molecular formula is C25H33N3O4. The van der Waals surface area contributed by atoms with Crippen LogP contribution in [0, 0.1) is 5.92 Å². The number of nitrogens with zero attached hydrogens (tertiary/aromatic N) is 2. The number of hydrogen-bond acceptors (Lipinski definition) is 7. The molecule has 1 aliphatic carbocycles. The van der Waals surface area contributed by atoms with E-state index in [0.29, 0.717) is 31.1 Å². The lowest BCUT2D eigenvalue weighted by Crippen LogP contribution is -2.26. The summed E-state index contributed by atoms with van der Waals surface area (Å²) in [5, 5.41) is 3.53. The first-order chi connectivity index (χ1) is 15.7. The second-order valence-electron chi connectivity index (χ2n) is 9.24. The van der Waals surface area contributed by atoms with Gasteiger partial charge in [0.05, 0.1) is 32.0 Å². The summed E-state index contributed by atoms with van der Waals surface area (Å²) in [6, 6.07) is 8.49. The third kappa shape index (κ3) is 5.33. The van der Waals surface area contributed by atoms with Crippen molar-refractivity contribution in [3.05, 3.63) is 30.5 Å². The van der Waals surface area contributed by atoms with Crippen LogP contribution >= 0.6 is 0 Å². The number of ether oxygens (including phenoxy) is 4. The molecule has 2 aliphatic heterocycles. The number of rotatable bonds is 7. The Morgan fingerprint density at radius 1 is 0.875 bits per heavy atom. The zero-order chi connectivity index (χ0) is 21.8. The first-order valence-electron chi connectivity index (χ1n) is 12.0. The smallest absolute Gasteiger partial charge is 0.226 e. The van der Waals surface area contributed by atoms with Gasteiger partial charge in [0.2, 0.25) is 11.8 Å². The van der Waals surface area contributed by atoms with Crippen LogP contribution in [0.25, 0.3) is 11.1 Å². The van der Waals surface area contributed by atoms with E-state index in [9.17, 15) is 0 Å². The monoisotopic (exact) mass is 439 g/mol. The number of nitrogens with one attached hydrogen (secondary N) is 1. The van der Waals surface area contributed by atoms with Gasteiger partial charge in [-0.3, -0.25) is 0 Å². The number of aromatic nitrogens is 2. The van der Waals surface area contributed by atoms with Gasteiger partial charge in [0.25, 0.3) is 0 Å². The lowest BCUT2D eigenvalue weighted by atomic mass is 9.87. The molecule has 3 aliphatic rings. The summed E-state index contributed by atoms with van der Waals surface area (Å²) in [6.45, 7) is 5.09. The highest BCUT2D eigenvalue weighted by Crippen LogP contribution is 2.33. The van der Waals surface area contributed by atoms with Gasteiger partial charge in [0.1, 0.15) is 18.0 Å². The molecule has 2 aromatic rings. The van der Waals surface area contributed by atoms with Crippen molar-refractivity contribution in [1.29, 1.82) is 0 Å². The molecule has 1 aromatic heterocycles. The van der Waals surface area contributed by atoms with Crippen molar-refractivity contribution < 1.29 is 18.9 Å². The Balaban J connectivity index is 1.33. The fourth-order valence-corrected chi connectivity index (χ4v) is 4.59. The van der Waals surface area contributed by atoms with E-state index < -0.39 is 0 Å². The third-order valence-electron chi connectivity index (χ3n) is 6.63. The van der Waals surface area contributed by atoms with Crippen LogP contribution in [0.2, 0.25) is 0 Å². The van der Waals surface area contributed by atoms with E-state index in [4.69, 9.17) is 23.9 Å². The molecule has 2 atom stereocenters. The van der Waals surface area contributed by atoms with Gasteiger partial charge in [-0.2, -0.15) is 4.98 Å². The van der Waals surface area contributed by atoms with E-state index in [-0.39, 0.29) is 12.2 Å². The highest BCUT2D eigenvalue weighted by atomic mass is 16.6. The van der Waals surface area contributed by atoms with E-state index >= 15 is 0 Å². The summed E-state index contributed by atoms with van der Waals surface area (Å²) in [5.74, 6) is 2.91. The molecule has 1 aromatic carbocycles. The van der Waals surface area contributed by atoms with Crippen molar-refractivity contribution in [2.45, 2.75) is 63.7 Å². The molecule has 0 radical (unpaired) electrons. The van der Waals surface area contributed by atoms with Gasteiger partial charge in [-0.1, -0.05) is 19.1 Å². The zero-order valence-electron chi connectivity index (χ0n) is 18.8. The van der Waals surface area contributed by atoms with Crippen LogP contribution in [0.15, 0.2) is 30.5 Å². The summed E-state index contributed by atoms with van der Waals surface area (Å²) in [7, 11) is 0. The Bertz CT molecular complexity index is 871. The molecule has 1 saturated carbocycles. The molecule has 7 nitrogen and oxygen atoms in total. The van der Waals surface area contributed by atoms with Crippen molar-refractivity contribution in [3.63, 3.8) is 0 Å². The molecule has 1 N–H and O–H groups in total. The Kier molecular flexibility index (Phi) is 6.74. The topological polar surface area (TPSA) is 74.7 Å². The number of anilines is 1. The Morgan fingerprint density at radius 2 is 1.56 bits per heavy atom. The molecule has 3 fully saturated rings. The predicted octanol–water partition coefficient (Wildman–Crippen LogP) is 4.47. The van der Waals surface area contributed by atoms with Gasteiger partial charge < -0.3 is 24.3 Å². The predicted molar refractivity (Wildman–Crippen MR) is 122 cm³/mol. The van der Waals surface area contributed by atoms with Gasteiger partial charge >= 0.3 is 0 Å². The van der Waals surface area contributed by atoms with Crippen LogP contribution in [-0.2, 0) is 9.47 Å². The van der Waals surface area contributed by atoms with E-state index in [1.807, 2.05) is 30.5 Å². The summed E-state index contributed by atoms with van der Waals surface area (Å²) >= 11 is 0. The van der Waals surface area contributed by atoms with Crippen LogP contribution in [0.4, 0.5) is 5.95 Å². The van der Waals surface area contributed by atoms with Crippen molar-refractivity contribution >= 4 is 5.95 Å². The largest absolute Gasteiger partial charge is 0.488 e. The molecule has 0 spiro atoms. The maximum atomic E-state index is 6.28. The van der Waals surface area contributed by atoms with Crippen LogP contribution in [0.1, 0.15) is 45.4 Å². The van der Waals surface area contributed by atoms with Gasteiger partial charge in [-0.05, 0) is 49.3 Å². The van der Waals surface area contributed by atoms with Crippen LogP contribution in [0.3, 0.4) is 0 Å². The Morgan fingerprint density at radius 3 is 2.22 bits per heavy atom. The van der Waals surface area contributed by atoms with Crippen LogP contribution in [-0.4, -0.2) is 54.6 Å². The Hall–Kier alpha value is -2.38. The molecule has 0 unspecified atom stereocenters. The fourth-order valence-electron chi connectivity index (χ4n) is 4.59. The molecule has 0 bridgehead atoms. The summed E-state index contributed by atoms with van der Waals surface area (Å²) in [5.41, 5.74) is 1.89. The minimum atomic E-state index is 0.0250. The molecular weight excluding hydrogens is 406 g/mol. The van der Waals surface area contributed by atoms with Crippen LogP contribution in [0.5, 0.6) is 11.6 Å². The lowest BCUT2D eigenvalue weighted by molar-refractivity contribution is 0.138. The Labute approximate surface area is 189 Å².